The maximum atomic E-state index is 11.3. The van der Waals surface area contributed by atoms with Crippen LogP contribution < -0.4 is 5.32 Å². The molecule has 3 nitrogen and oxygen atoms in total. The summed E-state index contributed by atoms with van der Waals surface area (Å²) in [7, 11) is 1.83. The van der Waals surface area contributed by atoms with Gasteiger partial charge in [0.15, 0.2) is 0 Å². The molecule has 1 unspecified atom stereocenters. The van der Waals surface area contributed by atoms with E-state index in [1.807, 2.05) is 19.2 Å². The Morgan fingerprint density at radius 2 is 2.14 bits per heavy atom. The molecule has 1 aliphatic heterocycles. The van der Waals surface area contributed by atoms with E-state index in [2.05, 4.69) is 24.4 Å². The molecule has 1 amide bonds. The van der Waals surface area contributed by atoms with Crippen LogP contribution in [0.1, 0.15) is 17.3 Å². The lowest BCUT2D eigenvalue weighted by Gasteiger charge is -2.21. The van der Waals surface area contributed by atoms with Crippen LogP contribution in [0.3, 0.4) is 0 Å². The van der Waals surface area contributed by atoms with Crippen LogP contribution in [-0.2, 0) is 4.79 Å². The minimum Gasteiger partial charge on any atom is -0.325 e. The van der Waals surface area contributed by atoms with Crippen molar-refractivity contribution in [1.29, 1.82) is 0 Å². The molecular weight excluding hydrogens is 176 g/mol. The molecule has 14 heavy (non-hydrogen) atoms. The van der Waals surface area contributed by atoms with E-state index in [4.69, 9.17) is 0 Å². The number of hydrogen-bond acceptors (Lipinski definition) is 2. The zero-order chi connectivity index (χ0) is 10.1. The number of carbonyl (C=O) groups excluding carboxylic acids is 1. The van der Waals surface area contributed by atoms with Gasteiger partial charge in [-0.05, 0) is 18.1 Å². The average molecular weight is 190 g/mol. The summed E-state index contributed by atoms with van der Waals surface area (Å²) in [5, 5.41) is 3.19. The predicted molar refractivity (Wildman–Crippen MR) is 54.7 cm³/mol. The maximum Gasteiger partial charge on any atom is 0.237 e. The zero-order valence-corrected chi connectivity index (χ0v) is 8.45. The Labute approximate surface area is 83.7 Å². The highest BCUT2D eigenvalue weighted by molar-refractivity contribution is 5.80. The molecule has 1 aromatic carbocycles. The van der Waals surface area contributed by atoms with E-state index in [0.29, 0.717) is 6.54 Å². The highest BCUT2D eigenvalue weighted by Crippen LogP contribution is 2.23. The predicted octanol–water partition coefficient (Wildman–Crippen LogP) is 1.06. The summed E-state index contributed by atoms with van der Waals surface area (Å²) in [6.45, 7) is 2.50. The highest BCUT2D eigenvalue weighted by Gasteiger charge is 2.28. The van der Waals surface area contributed by atoms with Crippen molar-refractivity contribution in [3.63, 3.8) is 0 Å². The van der Waals surface area contributed by atoms with Crippen molar-refractivity contribution in [2.75, 3.05) is 13.6 Å². The lowest BCUT2D eigenvalue weighted by molar-refractivity contribution is -0.126. The Balaban J connectivity index is 2.32. The van der Waals surface area contributed by atoms with Crippen LogP contribution in [0, 0.1) is 6.92 Å². The number of carbonyl (C=O) groups is 1. The van der Waals surface area contributed by atoms with Gasteiger partial charge in [-0.15, -0.1) is 0 Å². The third-order valence-corrected chi connectivity index (χ3v) is 2.71. The average Bonchev–Trinajstić information content (AvgIpc) is 2.49. The number of likely N-dealkylation sites (N-methyl/N-ethyl adjacent to an activating group) is 1. The molecule has 1 atom stereocenters. The number of aryl methyl sites for hydroxylation is 1. The number of rotatable bonds is 1. The second kappa shape index (κ2) is 3.42. The SMILES string of the molecule is Cc1ccccc1C1NCC(=O)N1C. The first-order chi connectivity index (χ1) is 6.70. The van der Waals surface area contributed by atoms with Crippen molar-refractivity contribution in [3.8, 4) is 0 Å². The summed E-state index contributed by atoms with van der Waals surface area (Å²) in [5.74, 6) is 0.151. The van der Waals surface area contributed by atoms with Crippen LogP contribution in [0.4, 0.5) is 0 Å². The highest BCUT2D eigenvalue weighted by atomic mass is 16.2. The second-order valence-corrected chi connectivity index (χ2v) is 3.64. The quantitative estimate of drug-likeness (QED) is 0.718. The molecule has 1 N–H and O–H groups in total. The van der Waals surface area contributed by atoms with Crippen LogP contribution in [-0.4, -0.2) is 24.4 Å². The van der Waals surface area contributed by atoms with Crippen LogP contribution in [0.5, 0.6) is 0 Å². The topological polar surface area (TPSA) is 32.3 Å². The maximum absolute atomic E-state index is 11.3. The monoisotopic (exact) mass is 190 g/mol. The number of hydrogen-bond donors (Lipinski definition) is 1. The first kappa shape index (κ1) is 9.21. The van der Waals surface area contributed by atoms with Crippen molar-refractivity contribution in [3.05, 3.63) is 35.4 Å². The molecule has 0 saturated carbocycles. The third-order valence-electron chi connectivity index (χ3n) is 2.71. The standard InChI is InChI=1S/C11H14N2O/c1-8-5-3-4-6-9(8)11-12-7-10(14)13(11)2/h3-6,11-12H,7H2,1-2H3. The molecule has 0 bridgehead atoms. The summed E-state index contributed by atoms with van der Waals surface area (Å²) >= 11 is 0. The van der Waals surface area contributed by atoms with Crippen molar-refractivity contribution < 1.29 is 4.79 Å². The Hall–Kier alpha value is -1.35. The molecular formula is C11H14N2O. The van der Waals surface area contributed by atoms with Gasteiger partial charge >= 0.3 is 0 Å². The van der Waals surface area contributed by atoms with Gasteiger partial charge in [-0.1, -0.05) is 24.3 Å². The number of nitrogens with zero attached hydrogens (tertiary/aromatic N) is 1. The smallest absolute Gasteiger partial charge is 0.237 e. The van der Waals surface area contributed by atoms with Crippen molar-refractivity contribution in [2.24, 2.45) is 0 Å². The van der Waals surface area contributed by atoms with E-state index in [1.54, 1.807) is 4.90 Å². The van der Waals surface area contributed by atoms with E-state index in [1.165, 1.54) is 11.1 Å². The molecule has 2 rings (SSSR count). The van der Waals surface area contributed by atoms with Crippen LogP contribution in [0.2, 0.25) is 0 Å². The fraction of sp³-hybridized carbons (Fsp3) is 0.364. The van der Waals surface area contributed by atoms with Crippen molar-refractivity contribution >= 4 is 5.91 Å². The molecule has 0 aromatic heterocycles. The molecule has 0 aliphatic carbocycles. The van der Waals surface area contributed by atoms with Gasteiger partial charge in [-0.3, -0.25) is 10.1 Å². The fourth-order valence-corrected chi connectivity index (χ4v) is 1.80. The lowest BCUT2D eigenvalue weighted by atomic mass is 10.1. The molecule has 3 heteroatoms. The minimum atomic E-state index is 0.0451. The van der Waals surface area contributed by atoms with Crippen molar-refractivity contribution in [1.82, 2.24) is 10.2 Å². The Kier molecular flexibility index (Phi) is 2.25. The van der Waals surface area contributed by atoms with Gasteiger partial charge in [0.25, 0.3) is 0 Å². The number of nitrogens with one attached hydrogen (secondary N) is 1. The van der Waals surface area contributed by atoms with E-state index in [-0.39, 0.29) is 12.1 Å². The van der Waals surface area contributed by atoms with Crippen LogP contribution in [0.15, 0.2) is 24.3 Å². The fourth-order valence-electron chi connectivity index (χ4n) is 1.80. The first-order valence-corrected chi connectivity index (χ1v) is 4.74. The van der Waals surface area contributed by atoms with Crippen LogP contribution in [0.25, 0.3) is 0 Å². The third kappa shape index (κ3) is 1.40. The Bertz CT molecular complexity index is 362. The van der Waals surface area contributed by atoms with Gasteiger partial charge in [-0.2, -0.15) is 0 Å². The molecule has 0 spiro atoms. The Morgan fingerprint density at radius 1 is 1.43 bits per heavy atom. The summed E-state index contributed by atoms with van der Waals surface area (Å²) in [6, 6.07) is 8.13. The molecule has 0 radical (unpaired) electrons. The normalized spacial score (nSPS) is 21.7. The van der Waals surface area contributed by atoms with Gasteiger partial charge in [0, 0.05) is 7.05 Å². The Morgan fingerprint density at radius 3 is 2.71 bits per heavy atom. The molecule has 1 saturated heterocycles. The molecule has 74 valence electrons. The molecule has 1 heterocycles. The summed E-state index contributed by atoms with van der Waals surface area (Å²) in [5.41, 5.74) is 2.40. The number of benzene rings is 1. The van der Waals surface area contributed by atoms with E-state index < -0.39 is 0 Å². The van der Waals surface area contributed by atoms with Gasteiger partial charge in [-0.25, -0.2) is 0 Å². The molecule has 1 aliphatic rings. The van der Waals surface area contributed by atoms with Gasteiger partial charge in [0.05, 0.1) is 6.54 Å². The molecule has 1 fully saturated rings. The summed E-state index contributed by atoms with van der Waals surface area (Å²) in [6.07, 6.45) is 0.0451. The first-order valence-electron chi connectivity index (χ1n) is 4.74. The van der Waals surface area contributed by atoms with Gasteiger partial charge in [0.2, 0.25) is 5.91 Å². The summed E-state index contributed by atoms with van der Waals surface area (Å²) in [4.78, 5) is 13.1. The summed E-state index contributed by atoms with van der Waals surface area (Å²) < 4.78 is 0. The largest absolute Gasteiger partial charge is 0.325 e. The second-order valence-electron chi connectivity index (χ2n) is 3.64. The lowest BCUT2D eigenvalue weighted by Crippen LogP contribution is -2.26. The van der Waals surface area contributed by atoms with Crippen molar-refractivity contribution in [2.45, 2.75) is 13.1 Å². The van der Waals surface area contributed by atoms with Gasteiger partial charge < -0.3 is 4.90 Å². The minimum absolute atomic E-state index is 0.0451. The number of amides is 1. The zero-order valence-electron chi connectivity index (χ0n) is 8.45. The van der Waals surface area contributed by atoms with E-state index >= 15 is 0 Å². The van der Waals surface area contributed by atoms with Crippen LogP contribution >= 0.6 is 0 Å². The molecule has 1 aromatic rings. The van der Waals surface area contributed by atoms with E-state index in [9.17, 15) is 4.79 Å². The van der Waals surface area contributed by atoms with Gasteiger partial charge in [0.1, 0.15) is 6.17 Å². The van der Waals surface area contributed by atoms with E-state index in [0.717, 1.165) is 0 Å².